The van der Waals surface area contributed by atoms with Crippen molar-refractivity contribution < 1.29 is 9.59 Å². The van der Waals surface area contributed by atoms with Crippen LogP contribution in [0.5, 0.6) is 0 Å². The van der Waals surface area contributed by atoms with E-state index in [4.69, 9.17) is 0 Å². The zero-order valence-corrected chi connectivity index (χ0v) is 7.80. The zero-order chi connectivity index (χ0) is 9.68. The minimum atomic E-state index is -0.292. The summed E-state index contributed by atoms with van der Waals surface area (Å²) in [6.45, 7) is 2.82. The lowest BCUT2D eigenvalue weighted by Gasteiger charge is -2.26. The molecule has 1 aliphatic heterocycles. The van der Waals surface area contributed by atoms with Crippen molar-refractivity contribution in [3.05, 3.63) is 0 Å². The second-order valence-electron chi connectivity index (χ2n) is 3.00. The summed E-state index contributed by atoms with van der Waals surface area (Å²) in [6, 6.07) is -0.584. The average molecular weight is 185 g/mol. The van der Waals surface area contributed by atoms with Gasteiger partial charge in [0.05, 0.1) is 6.67 Å². The van der Waals surface area contributed by atoms with Gasteiger partial charge in [-0.25, -0.2) is 14.5 Å². The molecule has 0 aromatic heterocycles. The van der Waals surface area contributed by atoms with E-state index < -0.39 is 0 Å². The second kappa shape index (κ2) is 4.69. The van der Waals surface area contributed by atoms with E-state index in [0.717, 1.165) is 19.3 Å². The largest absolute Gasteiger partial charge is 0.326 e. The lowest BCUT2D eigenvalue weighted by Crippen LogP contribution is -2.57. The molecule has 0 spiro atoms. The maximum absolute atomic E-state index is 11.2. The van der Waals surface area contributed by atoms with E-state index in [0.29, 0.717) is 6.54 Å². The van der Waals surface area contributed by atoms with Crippen molar-refractivity contribution in [1.82, 2.24) is 15.5 Å². The molecule has 1 rings (SSSR count). The first-order chi connectivity index (χ1) is 6.25. The summed E-state index contributed by atoms with van der Waals surface area (Å²) in [5.74, 6) is 0. The number of amides is 4. The van der Waals surface area contributed by atoms with Gasteiger partial charge in [-0.15, -0.1) is 0 Å². The number of rotatable bonds is 4. The predicted molar refractivity (Wildman–Crippen MR) is 48.2 cm³/mol. The Morgan fingerprint density at radius 2 is 1.85 bits per heavy atom. The fourth-order valence-electron chi connectivity index (χ4n) is 1.20. The molecule has 0 atom stereocenters. The van der Waals surface area contributed by atoms with Gasteiger partial charge < -0.3 is 10.6 Å². The molecule has 4 amide bonds. The number of hydrogen-bond donors (Lipinski definition) is 2. The summed E-state index contributed by atoms with van der Waals surface area (Å²) >= 11 is 0. The van der Waals surface area contributed by atoms with E-state index in [1.165, 1.54) is 4.90 Å². The Bertz CT molecular complexity index is 190. The van der Waals surface area contributed by atoms with Crippen LogP contribution in [0.2, 0.25) is 0 Å². The minimum absolute atomic E-state index is 0.238. The fraction of sp³-hybridized carbons (Fsp3) is 0.750. The number of nitrogens with one attached hydrogen (secondary N) is 2. The third-order valence-corrected chi connectivity index (χ3v) is 1.95. The molecule has 74 valence electrons. The molecular formula is C8H15N3O2. The molecule has 0 aromatic carbocycles. The van der Waals surface area contributed by atoms with Crippen molar-refractivity contribution in [1.29, 1.82) is 0 Å². The highest BCUT2D eigenvalue weighted by Gasteiger charge is 2.23. The van der Waals surface area contributed by atoms with Crippen molar-refractivity contribution in [2.75, 3.05) is 13.2 Å². The minimum Gasteiger partial charge on any atom is -0.320 e. The van der Waals surface area contributed by atoms with Crippen LogP contribution in [0.1, 0.15) is 26.2 Å². The van der Waals surface area contributed by atoms with Crippen LogP contribution in [0.15, 0.2) is 0 Å². The highest BCUT2D eigenvalue weighted by Crippen LogP contribution is 2.01. The van der Waals surface area contributed by atoms with Crippen LogP contribution in [0.4, 0.5) is 9.59 Å². The molecule has 5 nitrogen and oxygen atoms in total. The Kier molecular flexibility index (Phi) is 3.54. The van der Waals surface area contributed by atoms with Gasteiger partial charge in [-0.05, 0) is 6.42 Å². The second-order valence-corrected chi connectivity index (χ2v) is 3.00. The van der Waals surface area contributed by atoms with Crippen LogP contribution in [-0.4, -0.2) is 30.2 Å². The fourth-order valence-corrected chi connectivity index (χ4v) is 1.20. The molecule has 1 saturated heterocycles. The molecule has 1 fully saturated rings. The molecule has 1 aliphatic rings. The maximum atomic E-state index is 11.2. The smallest absolute Gasteiger partial charge is 0.320 e. The monoisotopic (exact) mass is 185 g/mol. The highest BCUT2D eigenvalue weighted by molar-refractivity contribution is 5.95. The van der Waals surface area contributed by atoms with Gasteiger partial charge in [0.1, 0.15) is 0 Å². The Morgan fingerprint density at radius 3 is 2.38 bits per heavy atom. The number of hydrogen-bond acceptors (Lipinski definition) is 2. The Hall–Kier alpha value is -1.26. The van der Waals surface area contributed by atoms with Crippen LogP contribution in [0, 0.1) is 0 Å². The summed E-state index contributed by atoms with van der Waals surface area (Å²) < 4.78 is 0. The standard InChI is InChI=1S/C8H15N3O2/c1-2-3-4-5-11-7(12)9-6-10-8(11)13/h2-6H2,1H3,(H,9,12)(H,10,13). The van der Waals surface area contributed by atoms with Gasteiger partial charge in [0.2, 0.25) is 0 Å². The number of unbranched alkanes of at least 4 members (excludes halogenated alkanes) is 2. The Balaban J connectivity index is 2.35. The van der Waals surface area contributed by atoms with E-state index in [1.54, 1.807) is 0 Å². The van der Waals surface area contributed by atoms with Gasteiger partial charge >= 0.3 is 12.1 Å². The van der Waals surface area contributed by atoms with Crippen LogP contribution in [0.3, 0.4) is 0 Å². The number of imide groups is 1. The van der Waals surface area contributed by atoms with Crippen molar-refractivity contribution in [2.24, 2.45) is 0 Å². The number of urea groups is 2. The molecule has 1 heterocycles. The van der Waals surface area contributed by atoms with Crippen LogP contribution < -0.4 is 10.6 Å². The predicted octanol–water partition coefficient (Wildman–Crippen LogP) is 0.869. The van der Waals surface area contributed by atoms with E-state index in [-0.39, 0.29) is 18.7 Å². The number of carbonyl (C=O) groups is 2. The molecule has 5 heteroatoms. The molecule has 0 radical (unpaired) electrons. The van der Waals surface area contributed by atoms with Gasteiger partial charge in [-0.3, -0.25) is 0 Å². The first-order valence-electron chi connectivity index (χ1n) is 4.59. The van der Waals surface area contributed by atoms with Gasteiger partial charge in [0, 0.05) is 6.54 Å². The van der Waals surface area contributed by atoms with Crippen LogP contribution in [-0.2, 0) is 0 Å². The lowest BCUT2D eigenvalue weighted by atomic mass is 10.2. The summed E-state index contributed by atoms with van der Waals surface area (Å²) in [5, 5.41) is 5.09. The van der Waals surface area contributed by atoms with Crippen LogP contribution >= 0.6 is 0 Å². The van der Waals surface area contributed by atoms with Gasteiger partial charge in [0.15, 0.2) is 0 Å². The topological polar surface area (TPSA) is 61.4 Å². The van der Waals surface area contributed by atoms with Crippen molar-refractivity contribution in [2.45, 2.75) is 26.2 Å². The first-order valence-corrected chi connectivity index (χ1v) is 4.59. The van der Waals surface area contributed by atoms with E-state index in [2.05, 4.69) is 17.6 Å². The molecule has 0 aromatic rings. The zero-order valence-electron chi connectivity index (χ0n) is 7.80. The van der Waals surface area contributed by atoms with Gasteiger partial charge in [0.25, 0.3) is 0 Å². The van der Waals surface area contributed by atoms with Crippen molar-refractivity contribution in [3.8, 4) is 0 Å². The molecule has 13 heavy (non-hydrogen) atoms. The van der Waals surface area contributed by atoms with Crippen molar-refractivity contribution in [3.63, 3.8) is 0 Å². The van der Waals surface area contributed by atoms with Crippen molar-refractivity contribution >= 4 is 12.1 Å². The third-order valence-electron chi connectivity index (χ3n) is 1.95. The first kappa shape index (κ1) is 9.83. The van der Waals surface area contributed by atoms with Gasteiger partial charge in [-0.1, -0.05) is 19.8 Å². The summed E-state index contributed by atoms with van der Waals surface area (Å²) in [6.07, 6.45) is 2.99. The molecule has 0 aliphatic carbocycles. The molecule has 2 N–H and O–H groups in total. The third kappa shape index (κ3) is 2.61. The molecule has 0 unspecified atom stereocenters. The van der Waals surface area contributed by atoms with Crippen LogP contribution in [0.25, 0.3) is 0 Å². The summed E-state index contributed by atoms with van der Waals surface area (Å²) in [5.41, 5.74) is 0. The van der Waals surface area contributed by atoms with Gasteiger partial charge in [-0.2, -0.15) is 0 Å². The average Bonchev–Trinajstić information content (AvgIpc) is 2.10. The molecular weight excluding hydrogens is 170 g/mol. The van der Waals surface area contributed by atoms with E-state index in [1.807, 2.05) is 0 Å². The summed E-state index contributed by atoms with van der Waals surface area (Å²) in [7, 11) is 0. The summed E-state index contributed by atoms with van der Waals surface area (Å²) in [4.78, 5) is 23.5. The molecule has 0 saturated carbocycles. The molecule has 0 bridgehead atoms. The van der Waals surface area contributed by atoms with E-state index >= 15 is 0 Å². The lowest BCUT2D eigenvalue weighted by molar-refractivity contribution is 0.174. The Morgan fingerprint density at radius 1 is 1.23 bits per heavy atom. The maximum Gasteiger partial charge on any atom is 0.326 e. The quantitative estimate of drug-likeness (QED) is 0.638. The van der Waals surface area contributed by atoms with E-state index in [9.17, 15) is 9.59 Å². The SMILES string of the molecule is CCCCCN1C(=O)NCNC1=O. The number of carbonyl (C=O) groups excluding carboxylic acids is 2. The highest BCUT2D eigenvalue weighted by atomic mass is 16.2. The number of nitrogens with zero attached hydrogens (tertiary/aromatic N) is 1. The normalized spacial score (nSPS) is 16.8. The Labute approximate surface area is 77.5 Å².